The number of ether oxygens (including phenoxy) is 1. The van der Waals surface area contributed by atoms with Gasteiger partial charge in [0.1, 0.15) is 0 Å². The Morgan fingerprint density at radius 3 is 1.37 bits per heavy atom. The topological polar surface area (TPSA) is 109 Å². The van der Waals surface area contributed by atoms with Gasteiger partial charge in [-0.05, 0) is 0 Å². The molecule has 0 aliphatic heterocycles. The Kier molecular flexibility index (Phi) is 131. The van der Waals surface area contributed by atoms with Crippen molar-refractivity contribution in [2.75, 3.05) is 7.11 Å². The molecule has 0 spiro atoms. The monoisotopic (exact) mass is 304 g/mol. The van der Waals surface area contributed by atoms with Gasteiger partial charge < -0.3 is 0 Å². The van der Waals surface area contributed by atoms with Crippen molar-refractivity contribution in [3.63, 3.8) is 0 Å². The van der Waals surface area contributed by atoms with Gasteiger partial charge in [-0.3, -0.25) is 0 Å². The summed E-state index contributed by atoms with van der Waals surface area (Å²) in [4.78, 5) is 0. The van der Waals surface area contributed by atoms with Gasteiger partial charge >= 0.3 is 121 Å². The second-order valence-corrected chi connectivity index (χ2v) is 2.50. The average molecular weight is 304 g/mol. The maximum absolute atomic E-state index is 7.50. The van der Waals surface area contributed by atoms with Crippen molar-refractivity contribution >= 4 is 4.57 Å². The van der Waals surface area contributed by atoms with Gasteiger partial charge in [-0.1, -0.05) is 0 Å². The van der Waals surface area contributed by atoms with Crippen molar-refractivity contribution in [1.29, 1.82) is 0 Å². The van der Waals surface area contributed by atoms with Gasteiger partial charge in [-0.15, -0.1) is 0 Å². The predicted molar refractivity (Wildman–Crippen MR) is 55.7 cm³/mol. The van der Waals surface area contributed by atoms with Gasteiger partial charge in [-0.25, -0.2) is 0 Å². The third-order valence-electron chi connectivity index (χ3n) is 1.12. The quantitative estimate of drug-likeness (QED) is 0.571. The normalized spacial score (nSPS) is 6.05. The van der Waals surface area contributed by atoms with Crippen LogP contribution >= 0.6 is 0 Å². The first-order chi connectivity index (χ1) is 9.20. The van der Waals surface area contributed by atoms with Crippen LogP contribution in [0.5, 0.6) is 0 Å². The predicted octanol–water partition coefficient (Wildman–Crippen LogP) is 1.48. The Labute approximate surface area is 121 Å². The van der Waals surface area contributed by atoms with Gasteiger partial charge in [0.05, 0.1) is 0 Å². The number of allylic oxidation sites excluding steroid dienone is 1. The molecular weight excluding hydrogens is 292 g/mol. The second-order valence-electron chi connectivity index (χ2n) is 1.87. The van der Waals surface area contributed by atoms with Crippen molar-refractivity contribution in [1.82, 2.24) is 0 Å². The summed E-state index contributed by atoms with van der Waals surface area (Å²) in [5.41, 5.74) is 1.32. The minimum atomic E-state index is 0.856. The molecule has 6 nitrogen and oxygen atoms in total. The number of hydrogen-bond donors (Lipinski definition) is 0. The van der Waals surface area contributed by atoms with Crippen LogP contribution in [0.4, 0.5) is 0 Å². The summed E-state index contributed by atoms with van der Waals surface area (Å²) in [6.07, 6.45) is 3.08. The van der Waals surface area contributed by atoms with E-state index < -0.39 is 0 Å². The van der Waals surface area contributed by atoms with Crippen LogP contribution in [-0.2, 0) is 43.8 Å². The second kappa shape index (κ2) is 68.9. The first-order valence-electron chi connectivity index (χ1n) is 3.98. The van der Waals surface area contributed by atoms with Crippen molar-refractivity contribution in [3.05, 3.63) is 44.9 Å². The summed E-state index contributed by atoms with van der Waals surface area (Å²) >= 11 is 2.81. The van der Waals surface area contributed by atoms with Crippen molar-refractivity contribution in [2.24, 2.45) is 0 Å². The van der Waals surface area contributed by atoms with Crippen molar-refractivity contribution < 1.29 is 43.8 Å². The first kappa shape index (κ1) is 36.1. The van der Waals surface area contributed by atoms with Crippen molar-refractivity contribution in [2.45, 2.75) is 20.3 Å². The van der Waals surface area contributed by atoms with Gasteiger partial charge in [0.25, 0.3) is 0 Å². The Bertz CT molecular complexity index is 261. The van der Waals surface area contributed by atoms with Crippen LogP contribution in [0.1, 0.15) is 20.3 Å². The molecule has 19 heavy (non-hydrogen) atoms. The van der Waals surface area contributed by atoms with E-state index in [1.807, 2.05) is 6.08 Å². The van der Waals surface area contributed by atoms with Crippen LogP contribution in [0, 0.1) is 33.3 Å². The molecule has 0 radical (unpaired) electrons. The molecule has 0 fully saturated rings. The maximum atomic E-state index is 7.50. The zero-order valence-electron chi connectivity index (χ0n) is 10.6. The molecule has 0 aliphatic rings. The number of methoxy groups -OCH3 is 1. The molecule has 0 bridgehead atoms. The fraction of sp³-hybridized carbons (Fsp3) is 0.333. The molecule has 7 heteroatoms. The van der Waals surface area contributed by atoms with Gasteiger partial charge in [-0.2, -0.15) is 0 Å². The van der Waals surface area contributed by atoms with E-state index in [4.69, 9.17) is 28.0 Å². The zero-order chi connectivity index (χ0) is 17.3. The van der Waals surface area contributed by atoms with Crippen LogP contribution < -0.4 is 0 Å². The third-order valence-corrected chi connectivity index (χ3v) is 1.57. The molecule has 0 aromatic carbocycles. The van der Waals surface area contributed by atoms with Crippen LogP contribution in [0.25, 0.3) is 0 Å². The molecule has 0 unspecified atom stereocenters. The van der Waals surface area contributed by atoms with E-state index in [1.165, 1.54) is 5.57 Å². The van der Waals surface area contributed by atoms with Gasteiger partial charge in [0.2, 0.25) is 0 Å². The Balaban J connectivity index is -0.0000000356. The summed E-state index contributed by atoms with van der Waals surface area (Å²) in [6, 6.07) is 0. The fourth-order valence-electron chi connectivity index (χ4n) is 0.362. The van der Waals surface area contributed by atoms with Crippen LogP contribution in [0.15, 0.2) is 11.6 Å². The first-order valence-corrected chi connectivity index (χ1v) is 4.61. The molecule has 0 aromatic rings. The summed E-state index contributed by atoms with van der Waals surface area (Å²) < 4.78 is 43.3. The summed E-state index contributed by atoms with van der Waals surface area (Å²) in [6.45, 7) is 26.7. The van der Waals surface area contributed by atoms with Crippen LogP contribution in [0.2, 0.25) is 0 Å². The number of hydrogen-bond acceptors (Lipinski definition) is 1. The summed E-state index contributed by atoms with van der Waals surface area (Å²) in [5, 5.41) is 0. The van der Waals surface area contributed by atoms with Gasteiger partial charge in [0.15, 0.2) is 0 Å². The van der Waals surface area contributed by atoms with E-state index >= 15 is 0 Å². The van der Waals surface area contributed by atoms with E-state index in [1.54, 1.807) is 7.11 Å². The third kappa shape index (κ3) is 79.6. The molecular formula is C12H12CrO6. The fourth-order valence-corrected chi connectivity index (χ4v) is 0.676. The standard InChI is InChI=1S/C7H12O.5CO.Cr/c1-4-7(2)5-6-8-3;5*1-2;/h5H,4H2,1-3H3;;;;;;/b7-5+;;;;;;. The van der Waals surface area contributed by atoms with E-state index in [2.05, 4.69) is 63.0 Å². The molecule has 102 valence electrons. The Morgan fingerprint density at radius 2 is 1.21 bits per heavy atom. The summed E-state index contributed by atoms with van der Waals surface area (Å²) in [7, 11) is 1.66. The molecule has 0 saturated heterocycles. The molecule has 0 heterocycles. The molecule has 0 saturated carbocycles. The van der Waals surface area contributed by atoms with E-state index in [-0.39, 0.29) is 0 Å². The molecule has 0 rings (SSSR count). The molecule has 0 aliphatic carbocycles. The number of rotatable bonds is 3. The Morgan fingerprint density at radius 1 is 0.947 bits per heavy atom. The van der Waals surface area contributed by atoms with E-state index in [0.717, 1.165) is 11.0 Å². The van der Waals surface area contributed by atoms with E-state index in [9.17, 15) is 0 Å². The molecule has 0 N–H and O–H groups in total. The van der Waals surface area contributed by atoms with Crippen LogP contribution in [-0.4, -0.2) is 11.7 Å². The summed E-state index contributed by atoms with van der Waals surface area (Å²) in [5.74, 6) is 0. The zero-order valence-corrected chi connectivity index (χ0v) is 11.9. The SMILES string of the molecule is CC/C(C)=C/[C](=[Cr])OC.[C-]#[O+].[C-]#[O+].[C-]#[O+].[C-]#[O+].[C-]#[O+]. The van der Waals surface area contributed by atoms with Crippen molar-refractivity contribution in [3.8, 4) is 0 Å². The minimum absolute atomic E-state index is 0.856. The van der Waals surface area contributed by atoms with E-state index in [0.29, 0.717) is 0 Å². The molecule has 0 aromatic heterocycles. The molecule has 0 amide bonds. The molecule has 0 atom stereocenters. The average Bonchev–Trinajstić information content (AvgIpc) is 2.56. The Hall–Kier alpha value is -1.20. The van der Waals surface area contributed by atoms with Crippen LogP contribution in [0.3, 0.4) is 0 Å². The van der Waals surface area contributed by atoms with Gasteiger partial charge in [0, 0.05) is 0 Å².